The van der Waals surface area contributed by atoms with Crippen LogP contribution < -0.4 is 0 Å². The number of aliphatic hydroxyl groups excluding tert-OH is 8. The van der Waals surface area contributed by atoms with E-state index in [-0.39, 0.29) is 0 Å². The molecule has 8 unspecified atom stereocenters. The van der Waals surface area contributed by atoms with Crippen molar-refractivity contribution in [1.82, 2.24) is 0 Å². The van der Waals surface area contributed by atoms with E-state index >= 15 is 0 Å². The molecule has 11 heteroatoms. The standard InChI is InChI=1S/C10H19ClO10/c1-21-10(20)8(18)6(16)4(14)2(12)3(13)5(15)7(17)9(11)19/h2-9,12-19H,1H3. The number of ether oxygens (including phenoxy) is 1. The van der Waals surface area contributed by atoms with Crippen LogP contribution in [0.3, 0.4) is 0 Å². The Balaban J connectivity index is 4.82. The predicted molar refractivity (Wildman–Crippen MR) is 65.9 cm³/mol. The second-order valence-corrected chi connectivity index (χ2v) is 4.73. The van der Waals surface area contributed by atoms with Crippen molar-refractivity contribution in [3.8, 4) is 0 Å². The van der Waals surface area contributed by atoms with Gasteiger partial charge in [0, 0.05) is 0 Å². The molecule has 21 heavy (non-hydrogen) atoms. The Bertz CT molecular complexity index is 327. The molecule has 0 heterocycles. The van der Waals surface area contributed by atoms with Gasteiger partial charge in [-0.05, 0) is 0 Å². The van der Waals surface area contributed by atoms with Gasteiger partial charge in [-0.2, -0.15) is 0 Å². The molecule has 0 aliphatic rings. The van der Waals surface area contributed by atoms with E-state index in [4.69, 9.17) is 16.7 Å². The quantitative estimate of drug-likeness (QED) is 0.158. The van der Waals surface area contributed by atoms with Crippen LogP contribution in [-0.2, 0) is 9.53 Å². The summed E-state index contributed by atoms with van der Waals surface area (Å²) in [7, 11) is 0.901. The minimum atomic E-state index is -2.28. The molecule has 126 valence electrons. The van der Waals surface area contributed by atoms with Crippen LogP contribution in [0.2, 0.25) is 0 Å². The molecule has 8 N–H and O–H groups in total. The molecule has 0 saturated heterocycles. The van der Waals surface area contributed by atoms with Gasteiger partial charge in [0.1, 0.15) is 36.6 Å². The van der Waals surface area contributed by atoms with Gasteiger partial charge >= 0.3 is 5.97 Å². The van der Waals surface area contributed by atoms with E-state index in [0.717, 1.165) is 7.11 Å². The van der Waals surface area contributed by atoms with Gasteiger partial charge in [-0.3, -0.25) is 0 Å². The number of carbonyl (C=O) groups excluding carboxylic acids is 1. The number of rotatable bonds is 8. The van der Waals surface area contributed by atoms with Gasteiger partial charge in [0.25, 0.3) is 0 Å². The Hall–Kier alpha value is -0.560. The molecule has 8 atom stereocenters. The average Bonchev–Trinajstić information content (AvgIpc) is 2.48. The second kappa shape index (κ2) is 8.78. The van der Waals surface area contributed by atoms with Crippen LogP contribution in [0.5, 0.6) is 0 Å². The van der Waals surface area contributed by atoms with Crippen LogP contribution in [0.4, 0.5) is 0 Å². The van der Waals surface area contributed by atoms with E-state index in [1.54, 1.807) is 0 Å². The summed E-state index contributed by atoms with van der Waals surface area (Å²) in [6.45, 7) is 0. The smallest absolute Gasteiger partial charge is 0.337 e. The third kappa shape index (κ3) is 5.29. The number of halogens is 1. The molecule has 0 bridgehead atoms. The molecular weight excluding hydrogens is 316 g/mol. The van der Waals surface area contributed by atoms with Gasteiger partial charge in [0.05, 0.1) is 7.11 Å². The number of aliphatic hydroxyl groups is 8. The van der Waals surface area contributed by atoms with Crippen LogP contribution in [0.1, 0.15) is 0 Å². The molecule has 0 aromatic heterocycles. The van der Waals surface area contributed by atoms with E-state index in [1.165, 1.54) is 0 Å². The molecule has 0 fully saturated rings. The van der Waals surface area contributed by atoms with Crippen molar-refractivity contribution in [3.63, 3.8) is 0 Å². The van der Waals surface area contributed by atoms with Crippen molar-refractivity contribution in [2.75, 3.05) is 7.11 Å². The van der Waals surface area contributed by atoms with E-state index in [0.29, 0.717) is 0 Å². The normalized spacial score (nSPS) is 23.3. The third-order valence-corrected chi connectivity index (χ3v) is 3.06. The fourth-order valence-electron chi connectivity index (χ4n) is 1.42. The molecule has 0 rings (SSSR count). The molecule has 10 nitrogen and oxygen atoms in total. The maximum Gasteiger partial charge on any atom is 0.337 e. The van der Waals surface area contributed by atoms with Crippen LogP contribution in [0.25, 0.3) is 0 Å². The Labute approximate surface area is 124 Å². The van der Waals surface area contributed by atoms with Gasteiger partial charge in [-0.1, -0.05) is 11.6 Å². The Kier molecular flexibility index (Phi) is 8.54. The largest absolute Gasteiger partial charge is 0.467 e. The number of carbonyl (C=O) groups is 1. The van der Waals surface area contributed by atoms with E-state index in [2.05, 4.69) is 4.74 Å². The van der Waals surface area contributed by atoms with Crippen molar-refractivity contribution in [1.29, 1.82) is 0 Å². The van der Waals surface area contributed by atoms with Crippen LogP contribution in [0.15, 0.2) is 0 Å². The minimum Gasteiger partial charge on any atom is -0.467 e. The predicted octanol–water partition coefficient (Wildman–Crippen LogP) is -4.76. The van der Waals surface area contributed by atoms with Gasteiger partial charge < -0.3 is 45.6 Å². The fraction of sp³-hybridized carbons (Fsp3) is 0.900. The topological polar surface area (TPSA) is 188 Å². The minimum absolute atomic E-state index is 0.901. The lowest BCUT2D eigenvalue weighted by Gasteiger charge is -2.32. The second-order valence-electron chi connectivity index (χ2n) is 4.28. The van der Waals surface area contributed by atoms with Gasteiger partial charge in [0.2, 0.25) is 0 Å². The summed E-state index contributed by atoms with van der Waals surface area (Å²) < 4.78 is 4.10. The fourth-order valence-corrected chi connectivity index (χ4v) is 1.57. The number of esters is 1. The third-order valence-electron chi connectivity index (χ3n) is 2.80. The summed E-state index contributed by atoms with van der Waals surface area (Å²) in [5.41, 5.74) is -1.97. The first-order valence-electron chi connectivity index (χ1n) is 5.72. The first kappa shape index (κ1) is 20.4. The van der Waals surface area contributed by atoms with E-state index < -0.39 is 54.3 Å². The van der Waals surface area contributed by atoms with Crippen molar-refractivity contribution in [2.45, 2.75) is 48.3 Å². The lowest BCUT2D eigenvalue weighted by atomic mass is 9.94. The van der Waals surface area contributed by atoms with Crippen molar-refractivity contribution in [2.24, 2.45) is 0 Å². The number of alkyl halides is 1. The highest BCUT2D eigenvalue weighted by Crippen LogP contribution is 2.15. The summed E-state index contributed by atoms with van der Waals surface area (Å²) in [6, 6.07) is 0. The molecular formula is C10H19ClO10. The van der Waals surface area contributed by atoms with Crippen molar-refractivity contribution < 1.29 is 50.4 Å². The summed E-state index contributed by atoms with van der Waals surface area (Å²) in [4.78, 5) is 11.0. The van der Waals surface area contributed by atoms with Gasteiger partial charge in [-0.25, -0.2) is 4.79 Å². The average molecular weight is 335 g/mol. The zero-order chi connectivity index (χ0) is 16.9. The molecule has 0 aromatic rings. The first-order chi connectivity index (χ1) is 9.56. The van der Waals surface area contributed by atoms with Crippen LogP contribution in [0, 0.1) is 0 Å². The molecule has 0 aliphatic heterocycles. The van der Waals surface area contributed by atoms with Gasteiger partial charge in [0.15, 0.2) is 11.7 Å². The molecule has 0 radical (unpaired) electrons. The van der Waals surface area contributed by atoms with Crippen LogP contribution in [-0.4, -0.2) is 102 Å². The molecule has 0 spiro atoms. The molecule has 0 amide bonds. The number of hydrogen-bond donors (Lipinski definition) is 8. The number of hydrogen-bond acceptors (Lipinski definition) is 10. The lowest BCUT2D eigenvalue weighted by molar-refractivity contribution is -0.183. The molecule has 0 aromatic carbocycles. The highest BCUT2D eigenvalue weighted by Gasteiger charge is 2.42. The van der Waals surface area contributed by atoms with Crippen molar-refractivity contribution in [3.05, 3.63) is 0 Å². The summed E-state index contributed by atoms with van der Waals surface area (Å²) in [6.07, 6.45) is -15.5. The Morgan fingerprint density at radius 1 is 0.762 bits per heavy atom. The Morgan fingerprint density at radius 3 is 1.43 bits per heavy atom. The SMILES string of the molecule is COC(=O)C(O)C(O)C(O)C(O)C(O)C(O)C(O)C(O)Cl. The van der Waals surface area contributed by atoms with E-state index in [9.17, 15) is 40.5 Å². The summed E-state index contributed by atoms with van der Waals surface area (Å²) >= 11 is 5.06. The maximum absolute atomic E-state index is 11.0. The molecule has 0 aliphatic carbocycles. The Morgan fingerprint density at radius 2 is 1.10 bits per heavy atom. The van der Waals surface area contributed by atoms with Crippen LogP contribution >= 0.6 is 11.6 Å². The zero-order valence-corrected chi connectivity index (χ0v) is 11.6. The monoisotopic (exact) mass is 334 g/mol. The summed E-state index contributed by atoms with van der Waals surface area (Å²) in [5.74, 6) is -1.31. The van der Waals surface area contributed by atoms with Crippen molar-refractivity contribution >= 4 is 17.6 Å². The number of methoxy groups -OCH3 is 1. The van der Waals surface area contributed by atoms with Gasteiger partial charge in [-0.15, -0.1) is 0 Å². The van der Waals surface area contributed by atoms with E-state index in [1.807, 2.05) is 0 Å². The zero-order valence-electron chi connectivity index (χ0n) is 10.9. The highest BCUT2D eigenvalue weighted by molar-refractivity contribution is 6.19. The maximum atomic E-state index is 11.0. The molecule has 0 saturated carbocycles. The first-order valence-corrected chi connectivity index (χ1v) is 6.16. The lowest BCUT2D eigenvalue weighted by Crippen LogP contribution is -2.56. The highest BCUT2D eigenvalue weighted by atomic mass is 35.5. The summed E-state index contributed by atoms with van der Waals surface area (Å²) in [5, 5.41) is 74.7.